The lowest BCUT2D eigenvalue weighted by atomic mass is 10.1. The molecule has 2 aromatic carbocycles. The Hall–Kier alpha value is -3.48. The largest absolute Gasteiger partial charge is 0.465 e. The van der Waals surface area contributed by atoms with E-state index >= 15 is 0 Å². The van der Waals surface area contributed by atoms with Crippen LogP contribution in [0.15, 0.2) is 46.9 Å². The molecular weight excluding hydrogens is 373 g/mol. The van der Waals surface area contributed by atoms with E-state index in [0.717, 1.165) is 0 Å². The van der Waals surface area contributed by atoms with E-state index in [1.165, 1.54) is 19.2 Å². The Bertz CT molecular complexity index is 1220. The number of carbonyl (C=O) groups is 1. The molecule has 0 aliphatic rings. The molecular formula is C22H20FN3O3. The van der Waals surface area contributed by atoms with Crippen molar-refractivity contribution in [1.82, 2.24) is 9.97 Å². The van der Waals surface area contributed by atoms with E-state index in [1.807, 2.05) is 0 Å². The maximum absolute atomic E-state index is 13.6. The van der Waals surface area contributed by atoms with Crippen LogP contribution in [0.3, 0.4) is 0 Å². The van der Waals surface area contributed by atoms with Crippen molar-refractivity contribution in [3.63, 3.8) is 0 Å². The van der Waals surface area contributed by atoms with Crippen LogP contribution in [0.25, 0.3) is 33.5 Å². The number of furan rings is 1. The maximum Gasteiger partial charge on any atom is 0.337 e. The van der Waals surface area contributed by atoms with Crippen LogP contribution in [0.2, 0.25) is 0 Å². The van der Waals surface area contributed by atoms with Crippen molar-refractivity contribution in [1.29, 1.82) is 0 Å². The van der Waals surface area contributed by atoms with Crippen LogP contribution in [0.4, 0.5) is 10.2 Å². The lowest BCUT2D eigenvalue weighted by molar-refractivity contribution is 0.0601. The van der Waals surface area contributed by atoms with Crippen molar-refractivity contribution >= 4 is 33.8 Å². The van der Waals surface area contributed by atoms with Crippen molar-refractivity contribution < 1.29 is 18.3 Å². The molecule has 0 fully saturated rings. The third-order valence-corrected chi connectivity index (χ3v) is 4.47. The number of fused-ring (bicyclic) bond motifs is 2. The summed E-state index contributed by atoms with van der Waals surface area (Å²) in [5, 5.41) is 3.95. The third kappa shape index (κ3) is 3.76. The van der Waals surface area contributed by atoms with E-state index < -0.39 is 5.97 Å². The molecule has 0 radical (unpaired) electrons. The van der Waals surface area contributed by atoms with Crippen molar-refractivity contribution in [2.75, 3.05) is 19.0 Å². The molecule has 0 aliphatic heterocycles. The van der Waals surface area contributed by atoms with Gasteiger partial charge in [-0.15, -0.1) is 0 Å². The van der Waals surface area contributed by atoms with E-state index in [9.17, 15) is 9.18 Å². The molecule has 4 aromatic rings. The molecule has 0 saturated carbocycles. The summed E-state index contributed by atoms with van der Waals surface area (Å²) < 4.78 is 24.2. The van der Waals surface area contributed by atoms with Gasteiger partial charge in [0.25, 0.3) is 0 Å². The molecule has 0 bridgehead atoms. The topological polar surface area (TPSA) is 77.2 Å². The van der Waals surface area contributed by atoms with Crippen molar-refractivity contribution in [2.24, 2.45) is 5.92 Å². The second-order valence-corrected chi connectivity index (χ2v) is 7.18. The number of benzene rings is 2. The number of carbonyl (C=O) groups excluding carboxylic acids is 1. The number of anilines is 1. The van der Waals surface area contributed by atoms with Crippen LogP contribution in [0.5, 0.6) is 0 Å². The van der Waals surface area contributed by atoms with Gasteiger partial charge in [0.1, 0.15) is 17.1 Å². The van der Waals surface area contributed by atoms with Gasteiger partial charge in [-0.3, -0.25) is 0 Å². The van der Waals surface area contributed by atoms with E-state index in [1.54, 1.807) is 30.3 Å². The summed E-state index contributed by atoms with van der Waals surface area (Å²) in [7, 11) is 1.33. The highest BCUT2D eigenvalue weighted by Gasteiger charge is 2.17. The SMILES string of the molecule is COC(=O)c1ccc2nc(-c3cc4cc(F)ccc4o3)c(NCC(C)C)nc2c1. The number of hydrogen-bond donors (Lipinski definition) is 1. The zero-order valence-electron chi connectivity index (χ0n) is 16.3. The molecule has 0 spiro atoms. The Morgan fingerprint density at radius 1 is 1.14 bits per heavy atom. The fraction of sp³-hybridized carbons (Fsp3) is 0.227. The van der Waals surface area contributed by atoms with Gasteiger partial charge >= 0.3 is 5.97 Å². The standard InChI is InChI=1S/C22H20FN3O3/c1-12(2)11-24-21-20(19-10-14-8-15(23)5-7-18(14)29-19)25-16-6-4-13(22(27)28-3)9-17(16)26-21/h4-10,12H,11H2,1-3H3,(H,24,26). The van der Waals surface area contributed by atoms with Gasteiger partial charge in [0.15, 0.2) is 11.6 Å². The maximum atomic E-state index is 13.6. The summed E-state index contributed by atoms with van der Waals surface area (Å²) in [4.78, 5) is 21.2. The molecule has 0 unspecified atom stereocenters. The zero-order valence-corrected chi connectivity index (χ0v) is 16.3. The number of nitrogens with one attached hydrogen (secondary N) is 1. The van der Waals surface area contributed by atoms with Crippen LogP contribution in [-0.4, -0.2) is 29.6 Å². The van der Waals surface area contributed by atoms with Gasteiger partial charge < -0.3 is 14.5 Å². The quantitative estimate of drug-likeness (QED) is 0.479. The average Bonchev–Trinajstić information content (AvgIpc) is 3.13. The number of halogens is 1. The summed E-state index contributed by atoms with van der Waals surface area (Å²) >= 11 is 0. The molecule has 29 heavy (non-hydrogen) atoms. The first kappa shape index (κ1) is 18.9. The minimum Gasteiger partial charge on any atom is -0.465 e. The number of aromatic nitrogens is 2. The number of methoxy groups -OCH3 is 1. The molecule has 6 nitrogen and oxygen atoms in total. The summed E-state index contributed by atoms with van der Waals surface area (Å²) in [6.07, 6.45) is 0. The Labute approximate surface area is 166 Å². The minimum absolute atomic E-state index is 0.331. The highest BCUT2D eigenvalue weighted by Crippen LogP contribution is 2.32. The van der Waals surface area contributed by atoms with Crippen LogP contribution < -0.4 is 5.32 Å². The Kier molecular flexibility index (Phi) is 4.88. The lowest BCUT2D eigenvalue weighted by Gasteiger charge is -2.12. The summed E-state index contributed by atoms with van der Waals surface area (Å²) in [5.41, 5.74) is 2.66. The number of hydrogen-bond acceptors (Lipinski definition) is 6. The van der Waals surface area contributed by atoms with E-state index in [2.05, 4.69) is 24.1 Å². The first-order valence-corrected chi connectivity index (χ1v) is 9.28. The second-order valence-electron chi connectivity index (χ2n) is 7.18. The van der Waals surface area contributed by atoms with Gasteiger partial charge in [0, 0.05) is 11.9 Å². The van der Waals surface area contributed by atoms with Crippen LogP contribution in [-0.2, 0) is 4.74 Å². The fourth-order valence-corrected chi connectivity index (χ4v) is 3.03. The van der Waals surface area contributed by atoms with Gasteiger partial charge in [-0.1, -0.05) is 13.8 Å². The Morgan fingerprint density at radius 2 is 1.97 bits per heavy atom. The number of ether oxygens (including phenoxy) is 1. The third-order valence-electron chi connectivity index (χ3n) is 4.47. The first-order chi connectivity index (χ1) is 13.9. The predicted octanol–water partition coefficient (Wildman–Crippen LogP) is 5.04. The predicted molar refractivity (Wildman–Crippen MR) is 109 cm³/mol. The molecule has 4 rings (SSSR count). The van der Waals surface area contributed by atoms with E-state index in [0.29, 0.717) is 57.3 Å². The molecule has 7 heteroatoms. The average molecular weight is 393 g/mol. The normalized spacial score (nSPS) is 11.3. The van der Waals surface area contributed by atoms with Crippen molar-refractivity contribution in [3.05, 3.63) is 53.8 Å². The van der Waals surface area contributed by atoms with Gasteiger partial charge in [0.2, 0.25) is 0 Å². The molecule has 148 valence electrons. The Morgan fingerprint density at radius 3 is 2.72 bits per heavy atom. The molecule has 2 heterocycles. The van der Waals surface area contributed by atoms with Gasteiger partial charge in [-0.05, 0) is 48.4 Å². The highest BCUT2D eigenvalue weighted by molar-refractivity contribution is 5.94. The molecule has 2 aromatic heterocycles. The number of esters is 1. The molecule has 0 atom stereocenters. The van der Waals surface area contributed by atoms with Gasteiger partial charge in [-0.25, -0.2) is 19.2 Å². The fourth-order valence-electron chi connectivity index (χ4n) is 3.03. The smallest absolute Gasteiger partial charge is 0.337 e. The summed E-state index contributed by atoms with van der Waals surface area (Å²) in [6.45, 7) is 4.85. The zero-order chi connectivity index (χ0) is 20.5. The molecule has 0 saturated heterocycles. The van der Waals surface area contributed by atoms with Crippen LogP contribution in [0, 0.1) is 11.7 Å². The first-order valence-electron chi connectivity index (χ1n) is 9.28. The molecule has 1 N–H and O–H groups in total. The minimum atomic E-state index is -0.436. The number of nitrogens with zero attached hydrogens (tertiary/aromatic N) is 2. The Balaban J connectivity index is 1.87. The lowest BCUT2D eigenvalue weighted by Crippen LogP contribution is -2.11. The number of rotatable bonds is 5. The van der Waals surface area contributed by atoms with E-state index in [4.69, 9.17) is 14.1 Å². The molecule has 0 aliphatic carbocycles. The van der Waals surface area contributed by atoms with Gasteiger partial charge in [0.05, 0.1) is 23.7 Å². The highest BCUT2D eigenvalue weighted by atomic mass is 19.1. The van der Waals surface area contributed by atoms with Gasteiger partial charge in [-0.2, -0.15) is 0 Å². The summed E-state index contributed by atoms with van der Waals surface area (Å²) in [5.74, 6) is 0.638. The van der Waals surface area contributed by atoms with Crippen LogP contribution >= 0.6 is 0 Å². The van der Waals surface area contributed by atoms with Crippen molar-refractivity contribution in [2.45, 2.75) is 13.8 Å². The molecule has 0 amide bonds. The van der Waals surface area contributed by atoms with E-state index in [-0.39, 0.29) is 5.82 Å². The monoisotopic (exact) mass is 393 g/mol. The second kappa shape index (κ2) is 7.50. The van der Waals surface area contributed by atoms with Crippen molar-refractivity contribution in [3.8, 4) is 11.5 Å². The summed E-state index contributed by atoms with van der Waals surface area (Å²) in [6, 6.07) is 11.1. The van der Waals surface area contributed by atoms with Crippen LogP contribution in [0.1, 0.15) is 24.2 Å².